The maximum absolute atomic E-state index is 11.5. The number of H-pyrrole nitrogens is 1. The van der Waals surface area contributed by atoms with Crippen LogP contribution in [0.1, 0.15) is 28.3 Å². The molecule has 0 bridgehead atoms. The minimum Gasteiger partial charge on any atom is -0.396 e. The highest BCUT2D eigenvalue weighted by Crippen LogP contribution is 2.32. The number of amides is 1. The van der Waals surface area contributed by atoms with Gasteiger partial charge in [0.25, 0.3) is 5.91 Å². The van der Waals surface area contributed by atoms with Crippen molar-refractivity contribution in [2.75, 3.05) is 19.7 Å². The van der Waals surface area contributed by atoms with Crippen molar-refractivity contribution in [2.45, 2.75) is 12.3 Å². The third-order valence-electron chi connectivity index (χ3n) is 4.16. The molecule has 3 rings (SSSR count). The van der Waals surface area contributed by atoms with Gasteiger partial charge in [0.05, 0.1) is 11.1 Å². The topological polar surface area (TPSA) is 91.1 Å². The molecule has 0 unspecified atom stereocenters. The van der Waals surface area contributed by atoms with Crippen LogP contribution in [-0.4, -0.2) is 35.7 Å². The molecule has 0 spiro atoms. The van der Waals surface area contributed by atoms with Crippen molar-refractivity contribution >= 4 is 16.8 Å². The molecule has 0 saturated carbocycles. The Morgan fingerprint density at radius 2 is 2.20 bits per heavy atom. The Morgan fingerprint density at radius 3 is 2.95 bits per heavy atom. The number of rotatable bonds is 3. The van der Waals surface area contributed by atoms with E-state index in [1.54, 1.807) is 6.07 Å². The Labute approximate surface area is 117 Å². The van der Waals surface area contributed by atoms with E-state index in [1.807, 2.05) is 18.3 Å². The zero-order chi connectivity index (χ0) is 14.1. The van der Waals surface area contributed by atoms with Crippen LogP contribution < -0.4 is 11.1 Å². The van der Waals surface area contributed by atoms with Gasteiger partial charge in [0.2, 0.25) is 0 Å². The van der Waals surface area contributed by atoms with Gasteiger partial charge in [0.1, 0.15) is 0 Å². The van der Waals surface area contributed by atoms with Gasteiger partial charge in [0.15, 0.2) is 0 Å². The molecular weight excluding hydrogens is 254 g/mol. The van der Waals surface area contributed by atoms with E-state index in [1.165, 1.54) is 5.56 Å². The highest BCUT2D eigenvalue weighted by Gasteiger charge is 2.24. The maximum atomic E-state index is 11.5. The standard InChI is InChI=1S/C15H19N3O2/c16-15(20)13-2-1-11(12-3-4-18-14(12)13)10-5-9(8-19)6-17-7-10/h1-4,9-10,17-19H,5-8H2,(H2,16,20)/t9-,10+/m1/s1. The molecule has 1 aromatic heterocycles. The molecule has 1 aromatic carbocycles. The van der Waals surface area contributed by atoms with Gasteiger partial charge in [0, 0.05) is 31.3 Å². The number of aliphatic hydroxyl groups is 1. The van der Waals surface area contributed by atoms with Crippen LogP contribution in [-0.2, 0) is 0 Å². The number of fused-ring (bicyclic) bond motifs is 1. The first-order valence-corrected chi connectivity index (χ1v) is 6.92. The van der Waals surface area contributed by atoms with Crippen LogP contribution in [0, 0.1) is 5.92 Å². The normalized spacial score (nSPS) is 23.1. The fourth-order valence-electron chi connectivity index (χ4n) is 3.15. The van der Waals surface area contributed by atoms with E-state index >= 15 is 0 Å². The van der Waals surface area contributed by atoms with E-state index in [0.717, 1.165) is 30.4 Å². The average molecular weight is 273 g/mol. The highest BCUT2D eigenvalue weighted by molar-refractivity contribution is 6.05. The Balaban J connectivity index is 2.02. The van der Waals surface area contributed by atoms with Crippen molar-refractivity contribution in [3.05, 3.63) is 35.5 Å². The summed E-state index contributed by atoms with van der Waals surface area (Å²) >= 11 is 0. The minimum absolute atomic E-state index is 0.207. The van der Waals surface area contributed by atoms with Crippen LogP contribution in [0.4, 0.5) is 0 Å². The van der Waals surface area contributed by atoms with Crippen molar-refractivity contribution in [3.8, 4) is 0 Å². The second-order valence-electron chi connectivity index (χ2n) is 5.47. The number of carbonyl (C=O) groups excluding carboxylic acids is 1. The van der Waals surface area contributed by atoms with Gasteiger partial charge < -0.3 is 21.1 Å². The summed E-state index contributed by atoms with van der Waals surface area (Å²) in [6.45, 7) is 1.97. The van der Waals surface area contributed by atoms with E-state index < -0.39 is 5.91 Å². The van der Waals surface area contributed by atoms with Crippen molar-refractivity contribution in [2.24, 2.45) is 11.7 Å². The molecule has 1 amide bonds. The maximum Gasteiger partial charge on any atom is 0.250 e. The number of aliphatic hydroxyl groups excluding tert-OH is 1. The van der Waals surface area contributed by atoms with E-state index in [0.29, 0.717) is 17.4 Å². The molecular formula is C15H19N3O2. The van der Waals surface area contributed by atoms with Crippen molar-refractivity contribution in [1.82, 2.24) is 10.3 Å². The lowest BCUT2D eigenvalue weighted by atomic mass is 9.84. The molecule has 0 aliphatic carbocycles. The number of hydrogen-bond acceptors (Lipinski definition) is 3. The first-order chi connectivity index (χ1) is 9.70. The first kappa shape index (κ1) is 13.1. The van der Waals surface area contributed by atoms with Gasteiger partial charge in [-0.25, -0.2) is 0 Å². The zero-order valence-electron chi connectivity index (χ0n) is 11.2. The highest BCUT2D eigenvalue weighted by atomic mass is 16.3. The lowest BCUT2D eigenvalue weighted by molar-refractivity contribution is 0.100. The van der Waals surface area contributed by atoms with E-state index in [-0.39, 0.29) is 6.61 Å². The van der Waals surface area contributed by atoms with Gasteiger partial charge in [-0.15, -0.1) is 0 Å². The largest absolute Gasteiger partial charge is 0.396 e. The SMILES string of the molecule is NC(=O)c1ccc([C@@H]2CNC[C@H](CO)C2)c2cc[nH]c12. The molecule has 2 atom stereocenters. The molecule has 1 saturated heterocycles. The van der Waals surface area contributed by atoms with Crippen molar-refractivity contribution in [1.29, 1.82) is 0 Å². The number of aromatic amines is 1. The number of benzene rings is 1. The Bertz CT molecular complexity index is 635. The first-order valence-electron chi connectivity index (χ1n) is 6.92. The predicted molar refractivity (Wildman–Crippen MR) is 77.6 cm³/mol. The Morgan fingerprint density at radius 1 is 1.35 bits per heavy atom. The molecule has 5 heteroatoms. The number of nitrogens with two attached hydrogens (primary N) is 1. The van der Waals surface area contributed by atoms with Gasteiger partial charge >= 0.3 is 0 Å². The van der Waals surface area contributed by atoms with Crippen LogP contribution in [0.25, 0.3) is 10.9 Å². The fraction of sp³-hybridized carbons (Fsp3) is 0.400. The molecule has 2 heterocycles. The Hall–Kier alpha value is -1.85. The second-order valence-corrected chi connectivity index (χ2v) is 5.47. The Kier molecular flexibility index (Phi) is 3.46. The van der Waals surface area contributed by atoms with E-state index in [9.17, 15) is 9.90 Å². The number of carbonyl (C=O) groups is 1. The summed E-state index contributed by atoms with van der Waals surface area (Å²) < 4.78 is 0. The molecule has 1 aliphatic heterocycles. The van der Waals surface area contributed by atoms with Crippen molar-refractivity contribution < 1.29 is 9.90 Å². The van der Waals surface area contributed by atoms with Gasteiger partial charge in [-0.2, -0.15) is 0 Å². The second kappa shape index (κ2) is 5.26. The van der Waals surface area contributed by atoms with Crippen LogP contribution in [0.2, 0.25) is 0 Å². The third kappa shape index (κ3) is 2.19. The third-order valence-corrected chi connectivity index (χ3v) is 4.16. The number of primary amides is 1. The summed E-state index contributed by atoms with van der Waals surface area (Å²) in [5, 5.41) is 13.8. The molecule has 5 nitrogen and oxygen atoms in total. The van der Waals surface area contributed by atoms with Crippen LogP contribution in [0.5, 0.6) is 0 Å². The predicted octanol–water partition coefficient (Wildman–Crippen LogP) is 0.952. The summed E-state index contributed by atoms with van der Waals surface area (Å²) in [4.78, 5) is 14.6. The van der Waals surface area contributed by atoms with Gasteiger partial charge in [-0.05, 0) is 36.0 Å². The van der Waals surface area contributed by atoms with Crippen LogP contribution in [0.15, 0.2) is 24.4 Å². The molecule has 1 fully saturated rings. The number of piperidine rings is 1. The smallest absolute Gasteiger partial charge is 0.250 e. The van der Waals surface area contributed by atoms with Crippen LogP contribution >= 0.6 is 0 Å². The summed E-state index contributed by atoms with van der Waals surface area (Å²) in [6, 6.07) is 5.76. The molecule has 20 heavy (non-hydrogen) atoms. The lowest BCUT2D eigenvalue weighted by Crippen LogP contribution is -2.36. The van der Waals surface area contributed by atoms with Gasteiger partial charge in [-0.3, -0.25) is 4.79 Å². The van der Waals surface area contributed by atoms with Crippen molar-refractivity contribution in [3.63, 3.8) is 0 Å². The van der Waals surface area contributed by atoms with Gasteiger partial charge in [-0.1, -0.05) is 6.07 Å². The number of hydrogen-bond donors (Lipinski definition) is 4. The molecule has 2 aromatic rings. The molecule has 106 valence electrons. The minimum atomic E-state index is -0.418. The fourth-order valence-corrected chi connectivity index (χ4v) is 3.15. The molecule has 1 aliphatic rings. The quantitative estimate of drug-likeness (QED) is 0.671. The molecule has 5 N–H and O–H groups in total. The zero-order valence-corrected chi connectivity index (χ0v) is 11.2. The summed E-state index contributed by atoms with van der Waals surface area (Å²) in [5.41, 5.74) is 7.94. The van der Waals surface area contributed by atoms with E-state index in [2.05, 4.69) is 10.3 Å². The van der Waals surface area contributed by atoms with E-state index in [4.69, 9.17) is 5.73 Å². The monoisotopic (exact) mass is 273 g/mol. The summed E-state index contributed by atoms with van der Waals surface area (Å²) in [6.07, 6.45) is 2.79. The molecule has 0 radical (unpaired) electrons. The lowest BCUT2D eigenvalue weighted by Gasteiger charge is -2.29. The average Bonchev–Trinajstić information content (AvgIpc) is 2.95. The number of aromatic nitrogens is 1. The summed E-state index contributed by atoms with van der Waals surface area (Å²) in [7, 11) is 0. The van der Waals surface area contributed by atoms with Crippen LogP contribution in [0.3, 0.4) is 0 Å². The number of nitrogens with one attached hydrogen (secondary N) is 2. The summed E-state index contributed by atoms with van der Waals surface area (Å²) in [5.74, 6) is 0.221.